The van der Waals surface area contributed by atoms with Crippen LogP contribution in [0.5, 0.6) is 0 Å². The molecule has 4 N–H and O–H groups in total. The van der Waals surface area contributed by atoms with Crippen molar-refractivity contribution in [2.75, 3.05) is 30.3 Å². The van der Waals surface area contributed by atoms with Crippen molar-refractivity contribution in [2.24, 2.45) is 5.73 Å². The molecule has 0 aliphatic carbocycles. The van der Waals surface area contributed by atoms with Gasteiger partial charge < -0.3 is 16.4 Å². The molecule has 1 aromatic rings. The predicted molar refractivity (Wildman–Crippen MR) is 116 cm³/mol. The number of carbonyl (C=O) groups is 2. The minimum atomic E-state index is -0.0632. The Labute approximate surface area is 174 Å². The first kappa shape index (κ1) is 25.7. The van der Waals surface area contributed by atoms with Crippen molar-refractivity contribution in [1.29, 1.82) is 0 Å². The first-order valence-corrected chi connectivity index (χ1v) is 9.12. The molecular weight excluding hydrogens is 387 g/mol. The lowest BCUT2D eigenvalue weighted by Gasteiger charge is -2.25. The van der Waals surface area contributed by atoms with Gasteiger partial charge in [0.15, 0.2) is 0 Å². The quantitative estimate of drug-likeness (QED) is 0.633. The molecule has 1 aromatic carbocycles. The topological polar surface area (TPSA) is 87.5 Å². The number of likely N-dealkylation sites (tertiary alicyclic amines) is 1. The van der Waals surface area contributed by atoms with E-state index in [1.807, 2.05) is 32.0 Å². The highest BCUT2D eigenvalue weighted by Gasteiger charge is 2.15. The Hall–Kier alpha value is -1.34. The molecule has 0 saturated carbocycles. The number of nitrogens with one attached hydrogen (secondary N) is 2. The van der Waals surface area contributed by atoms with Gasteiger partial charge in [-0.3, -0.25) is 14.5 Å². The molecule has 0 aromatic heterocycles. The Morgan fingerprint density at radius 2 is 1.78 bits per heavy atom. The Morgan fingerprint density at radius 3 is 2.41 bits per heavy atom. The maximum Gasteiger partial charge on any atom is 0.238 e. The van der Waals surface area contributed by atoms with Crippen LogP contribution in [0.3, 0.4) is 0 Å². The van der Waals surface area contributed by atoms with E-state index in [1.165, 1.54) is 6.42 Å². The number of carbonyl (C=O) groups excluding carboxylic acids is 2. The van der Waals surface area contributed by atoms with Crippen LogP contribution in [0, 0.1) is 6.92 Å². The monoisotopic (exact) mass is 418 g/mol. The number of halogens is 2. The van der Waals surface area contributed by atoms with E-state index < -0.39 is 0 Å². The molecule has 0 bridgehead atoms. The van der Waals surface area contributed by atoms with E-state index in [9.17, 15) is 9.59 Å². The summed E-state index contributed by atoms with van der Waals surface area (Å²) in [5, 5.41) is 5.83. The van der Waals surface area contributed by atoms with E-state index in [1.54, 1.807) is 0 Å². The predicted octanol–water partition coefficient (Wildman–Crippen LogP) is 3.33. The van der Waals surface area contributed by atoms with Crippen molar-refractivity contribution in [3.63, 3.8) is 0 Å². The fourth-order valence-corrected chi connectivity index (χ4v) is 2.93. The zero-order valence-corrected chi connectivity index (χ0v) is 17.8. The molecule has 1 fully saturated rings. The van der Waals surface area contributed by atoms with Crippen LogP contribution in [0.4, 0.5) is 11.4 Å². The number of benzene rings is 1. The van der Waals surface area contributed by atoms with Crippen LogP contribution in [0.2, 0.25) is 0 Å². The van der Waals surface area contributed by atoms with Crippen LogP contribution >= 0.6 is 24.8 Å². The molecule has 0 radical (unpaired) electrons. The summed E-state index contributed by atoms with van der Waals surface area (Å²) in [6.45, 7) is 6.22. The molecular formula is C19H32Cl2N4O2. The first-order chi connectivity index (χ1) is 11.9. The normalized spacial score (nSPS) is 15.1. The Bertz CT molecular complexity index is 605. The van der Waals surface area contributed by atoms with Gasteiger partial charge in [0.25, 0.3) is 0 Å². The summed E-state index contributed by atoms with van der Waals surface area (Å²) in [7, 11) is 0. The van der Waals surface area contributed by atoms with Crippen molar-refractivity contribution in [1.82, 2.24) is 4.90 Å². The minimum Gasteiger partial charge on any atom is -0.328 e. The third-order valence-corrected chi connectivity index (χ3v) is 4.44. The van der Waals surface area contributed by atoms with Gasteiger partial charge in [-0.15, -0.1) is 24.8 Å². The van der Waals surface area contributed by atoms with E-state index in [0.29, 0.717) is 25.1 Å². The molecule has 1 heterocycles. The van der Waals surface area contributed by atoms with Gasteiger partial charge in [-0.2, -0.15) is 0 Å². The molecule has 8 heteroatoms. The second-order valence-electron chi connectivity index (χ2n) is 6.98. The van der Waals surface area contributed by atoms with Gasteiger partial charge in [0.05, 0.1) is 6.54 Å². The molecule has 6 nitrogen and oxygen atoms in total. The van der Waals surface area contributed by atoms with Crippen LogP contribution in [0.1, 0.15) is 44.6 Å². The average molecular weight is 419 g/mol. The summed E-state index contributed by atoms with van der Waals surface area (Å²) in [6, 6.07) is 5.57. The highest BCUT2D eigenvalue weighted by atomic mass is 35.5. The van der Waals surface area contributed by atoms with Crippen LogP contribution < -0.4 is 16.4 Å². The summed E-state index contributed by atoms with van der Waals surface area (Å²) in [5.74, 6) is -0.0721. The summed E-state index contributed by atoms with van der Waals surface area (Å²) in [4.78, 5) is 26.4. The molecule has 27 heavy (non-hydrogen) atoms. The van der Waals surface area contributed by atoms with Crippen LogP contribution in [-0.4, -0.2) is 42.4 Å². The zero-order chi connectivity index (χ0) is 18.2. The van der Waals surface area contributed by atoms with Crippen molar-refractivity contribution in [3.05, 3.63) is 23.8 Å². The Balaban J connectivity index is 0.00000338. The van der Waals surface area contributed by atoms with Gasteiger partial charge in [0, 0.05) is 23.8 Å². The lowest BCUT2D eigenvalue weighted by molar-refractivity contribution is -0.117. The van der Waals surface area contributed by atoms with E-state index in [0.717, 1.165) is 37.2 Å². The lowest BCUT2D eigenvalue weighted by Crippen LogP contribution is -2.36. The van der Waals surface area contributed by atoms with E-state index in [4.69, 9.17) is 5.73 Å². The molecule has 2 amide bonds. The number of anilines is 2. The molecule has 1 unspecified atom stereocenters. The fraction of sp³-hybridized carbons (Fsp3) is 0.579. The first-order valence-electron chi connectivity index (χ1n) is 9.12. The maximum absolute atomic E-state index is 12.3. The second-order valence-corrected chi connectivity index (χ2v) is 6.98. The van der Waals surface area contributed by atoms with Crippen LogP contribution in [0.15, 0.2) is 18.2 Å². The number of aryl methyl sites for hydroxylation is 1. The standard InChI is InChI=1S/C19H30N4O2.2ClH/c1-14-6-8-16(21-18(24)9-7-15(2)20)12-17(14)22-19(25)13-23-10-4-3-5-11-23;;/h6,8,12,15H,3-5,7,9-11,13,20H2,1-2H3,(H,21,24)(H,22,25);2*1H. The molecule has 1 atom stereocenters. The lowest BCUT2D eigenvalue weighted by atomic mass is 10.1. The number of hydrogen-bond donors (Lipinski definition) is 3. The Kier molecular flexibility index (Phi) is 12.3. The third kappa shape index (κ3) is 9.42. The van der Waals surface area contributed by atoms with Crippen molar-refractivity contribution in [2.45, 2.75) is 52.0 Å². The van der Waals surface area contributed by atoms with E-state index in [-0.39, 0.29) is 42.7 Å². The minimum absolute atomic E-state index is 0. The summed E-state index contributed by atoms with van der Waals surface area (Å²) >= 11 is 0. The summed E-state index contributed by atoms with van der Waals surface area (Å²) in [6.07, 6.45) is 4.62. The molecule has 1 aliphatic heterocycles. The number of hydrogen-bond acceptors (Lipinski definition) is 4. The fourth-order valence-electron chi connectivity index (χ4n) is 2.93. The Morgan fingerprint density at radius 1 is 1.11 bits per heavy atom. The van der Waals surface area contributed by atoms with Gasteiger partial charge in [-0.1, -0.05) is 12.5 Å². The van der Waals surface area contributed by atoms with Gasteiger partial charge in [0.2, 0.25) is 11.8 Å². The number of nitrogens with zero attached hydrogens (tertiary/aromatic N) is 1. The van der Waals surface area contributed by atoms with Gasteiger partial charge in [-0.05, 0) is 63.9 Å². The number of nitrogens with two attached hydrogens (primary N) is 1. The van der Waals surface area contributed by atoms with Gasteiger partial charge in [0.1, 0.15) is 0 Å². The molecule has 154 valence electrons. The number of rotatable bonds is 7. The van der Waals surface area contributed by atoms with Crippen molar-refractivity contribution in [3.8, 4) is 0 Å². The zero-order valence-electron chi connectivity index (χ0n) is 16.1. The second kappa shape index (κ2) is 12.9. The van der Waals surface area contributed by atoms with Gasteiger partial charge in [-0.25, -0.2) is 0 Å². The maximum atomic E-state index is 12.3. The average Bonchev–Trinajstić information content (AvgIpc) is 2.57. The van der Waals surface area contributed by atoms with Crippen molar-refractivity contribution >= 4 is 48.0 Å². The highest BCUT2D eigenvalue weighted by Crippen LogP contribution is 2.21. The van der Waals surface area contributed by atoms with Crippen LogP contribution in [-0.2, 0) is 9.59 Å². The molecule has 1 aliphatic rings. The molecule has 2 rings (SSSR count). The van der Waals surface area contributed by atoms with E-state index in [2.05, 4.69) is 15.5 Å². The summed E-state index contributed by atoms with van der Waals surface area (Å²) in [5.41, 5.74) is 8.08. The molecule has 0 spiro atoms. The van der Waals surface area contributed by atoms with Crippen LogP contribution in [0.25, 0.3) is 0 Å². The number of piperidine rings is 1. The van der Waals surface area contributed by atoms with E-state index >= 15 is 0 Å². The largest absolute Gasteiger partial charge is 0.328 e. The third-order valence-electron chi connectivity index (χ3n) is 4.44. The van der Waals surface area contributed by atoms with Crippen molar-refractivity contribution < 1.29 is 9.59 Å². The summed E-state index contributed by atoms with van der Waals surface area (Å²) < 4.78 is 0. The smallest absolute Gasteiger partial charge is 0.238 e. The molecule has 1 saturated heterocycles. The van der Waals surface area contributed by atoms with Gasteiger partial charge >= 0.3 is 0 Å². The highest BCUT2D eigenvalue weighted by molar-refractivity contribution is 5.95. The SMILES string of the molecule is Cc1ccc(NC(=O)CCC(C)N)cc1NC(=O)CN1CCCCC1.Cl.Cl. The number of amides is 2.